The molecule has 32 heavy (non-hydrogen) atoms. The van der Waals surface area contributed by atoms with Gasteiger partial charge in [-0.05, 0) is 79.1 Å². The molecule has 4 aliphatic rings. The number of aliphatic hydroxyl groups is 4. The molecule has 4 heteroatoms. The van der Waals surface area contributed by atoms with Crippen molar-refractivity contribution < 1.29 is 20.4 Å². The smallest absolute Gasteiger partial charge is 0.113 e. The lowest BCUT2D eigenvalue weighted by molar-refractivity contribution is -0.216. The molecule has 0 bridgehead atoms. The summed E-state index contributed by atoms with van der Waals surface area (Å²) >= 11 is 0. The fraction of sp³-hybridized carbons (Fsp3) is 0.857. The van der Waals surface area contributed by atoms with Crippen molar-refractivity contribution in [3.63, 3.8) is 0 Å². The third-order valence-corrected chi connectivity index (χ3v) is 10.7. The van der Waals surface area contributed by atoms with Crippen molar-refractivity contribution in [1.29, 1.82) is 0 Å². The second-order valence-corrected chi connectivity index (χ2v) is 12.6. The Balaban J connectivity index is 1.68. The number of fused-ring (bicyclic) bond motifs is 4. The second-order valence-electron chi connectivity index (χ2n) is 12.6. The molecule has 0 aromatic carbocycles. The Morgan fingerprint density at radius 2 is 1.62 bits per heavy atom. The molecule has 0 aliphatic heterocycles. The summed E-state index contributed by atoms with van der Waals surface area (Å²) in [4.78, 5) is 0. The van der Waals surface area contributed by atoms with E-state index in [4.69, 9.17) is 0 Å². The number of allylic oxidation sites excluding steroid dienone is 2. The van der Waals surface area contributed by atoms with Crippen LogP contribution in [-0.4, -0.2) is 44.3 Å². The van der Waals surface area contributed by atoms with Crippen LogP contribution < -0.4 is 0 Å². The van der Waals surface area contributed by atoms with E-state index in [1.165, 1.54) is 5.57 Å². The van der Waals surface area contributed by atoms with Gasteiger partial charge in [0.05, 0.1) is 6.10 Å². The third-order valence-electron chi connectivity index (χ3n) is 10.7. The highest BCUT2D eigenvalue weighted by Gasteiger charge is 2.65. The Kier molecular flexibility index (Phi) is 6.28. The van der Waals surface area contributed by atoms with Gasteiger partial charge in [0.2, 0.25) is 0 Å². The number of aliphatic hydroxyl groups excluding tert-OH is 3. The van der Waals surface area contributed by atoms with Crippen LogP contribution in [0.4, 0.5) is 0 Å². The standard InChI is InChI=1S/C28H46O4/c1-16(2)17(3)7-8-18(4)20-9-10-21-23-22(12-13-26(20,21)5)27(6)14-11-19(29)15-28(27,32)25(31)24(23)30/h7-8,16-21,24-25,29-32H,9-15H2,1-6H3/b8-7+/t17-,18+,19-,20+,21?,24-,25+,26+,27+,28-/m0/s1. The monoisotopic (exact) mass is 446 g/mol. The van der Waals surface area contributed by atoms with Gasteiger partial charge in [-0.1, -0.05) is 59.3 Å². The maximum Gasteiger partial charge on any atom is 0.113 e. The summed E-state index contributed by atoms with van der Waals surface area (Å²) in [5.41, 5.74) is 0.286. The van der Waals surface area contributed by atoms with Crippen LogP contribution >= 0.6 is 0 Å². The first-order valence-electron chi connectivity index (χ1n) is 13.0. The summed E-state index contributed by atoms with van der Waals surface area (Å²) in [5, 5.41) is 44.4. The predicted molar refractivity (Wildman–Crippen MR) is 128 cm³/mol. The van der Waals surface area contributed by atoms with Crippen molar-refractivity contribution in [2.24, 2.45) is 40.4 Å². The minimum Gasteiger partial charge on any atom is -0.393 e. The number of hydrogen-bond acceptors (Lipinski definition) is 4. The first kappa shape index (κ1) is 24.4. The SMILES string of the molecule is CC(C)[C@@H](C)/C=C/[C@@H](C)[C@H]1CCC2C3=C(CC[C@@]21C)[C@@]1(C)CC[C@H](O)C[C@]1(O)[C@H](O)[C@H]3O. The molecule has 0 aromatic heterocycles. The first-order chi connectivity index (χ1) is 14.9. The fourth-order valence-electron chi connectivity index (χ4n) is 8.08. The van der Waals surface area contributed by atoms with E-state index in [0.29, 0.717) is 36.5 Å². The number of rotatable bonds is 4. The summed E-state index contributed by atoms with van der Waals surface area (Å²) in [5.74, 6) is 2.50. The van der Waals surface area contributed by atoms with Crippen molar-refractivity contribution in [2.75, 3.05) is 0 Å². The molecule has 182 valence electrons. The van der Waals surface area contributed by atoms with Gasteiger partial charge in [-0.25, -0.2) is 0 Å². The Hall–Kier alpha value is -0.680. The van der Waals surface area contributed by atoms with Gasteiger partial charge in [0, 0.05) is 11.8 Å². The van der Waals surface area contributed by atoms with Crippen LogP contribution in [0.3, 0.4) is 0 Å². The lowest BCUT2D eigenvalue weighted by Crippen LogP contribution is -2.67. The molecular weight excluding hydrogens is 400 g/mol. The van der Waals surface area contributed by atoms with Crippen LogP contribution in [0, 0.1) is 40.4 Å². The summed E-state index contributed by atoms with van der Waals surface area (Å²) in [6.45, 7) is 13.6. The van der Waals surface area contributed by atoms with Gasteiger partial charge in [0.15, 0.2) is 0 Å². The van der Waals surface area contributed by atoms with Crippen molar-refractivity contribution >= 4 is 0 Å². The first-order valence-corrected chi connectivity index (χ1v) is 13.0. The molecule has 0 heterocycles. The molecule has 2 fully saturated rings. The Morgan fingerprint density at radius 1 is 0.938 bits per heavy atom. The summed E-state index contributed by atoms with van der Waals surface area (Å²) in [6.07, 6.45) is 7.45. The van der Waals surface area contributed by atoms with Gasteiger partial charge < -0.3 is 20.4 Å². The van der Waals surface area contributed by atoms with Gasteiger partial charge in [0.1, 0.15) is 17.8 Å². The molecule has 4 N–H and O–H groups in total. The van der Waals surface area contributed by atoms with Crippen LogP contribution in [0.2, 0.25) is 0 Å². The third kappa shape index (κ3) is 3.39. The lowest BCUT2D eigenvalue weighted by atomic mass is 9.47. The maximum atomic E-state index is 11.6. The Morgan fingerprint density at radius 3 is 2.28 bits per heavy atom. The summed E-state index contributed by atoms with van der Waals surface area (Å²) < 4.78 is 0. The average molecular weight is 447 g/mol. The van der Waals surface area contributed by atoms with Gasteiger partial charge in [-0.2, -0.15) is 0 Å². The average Bonchev–Trinajstić information content (AvgIpc) is 3.09. The molecule has 10 atom stereocenters. The predicted octanol–water partition coefficient (Wildman–Crippen LogP) is 4.61. The number of hydrogen-bond donors (Lipinski definition) is 4. The molecule has 0 amide bonds. The molecule has 0 spiro atoms. The van der Waals surface area contributed by atoms with Crippen molar-refractivity contribution in [1.82, 2.24) is 0 Å². The molecule has 0 aromatic rings. The van der Waals surface area contributed by atoms with Crippen LogP contribution in [0.15, 0.2) is 23.3 Å². The molecule has 0 saturated heterocycles. The normalized spacial score (nSPS) is 48.5. The zero-order chi connectivity index (χ0) is 23.6. The molecule has 0 radical (unpaired) electrons. The Labute approximate surface area is 194 Å². The van der Waals surface area contributed by atoms with E-state index in [9.17, 15) is 20.4 Å². The molecule has 1 unspecified atom stereocenters. The second kappa shape index (κ2) is 8.22. The van der Waals surface area contributed by atoms with E-state index in [2.05, 4.69) is 53.7 Å². The van der Waals surface area contributed by atoms with E-state index in [1.54, 1.807) is 0 Å². The van der Waals surface area contributed by atoms with Crippen molar-refractivity contribution in [2.45, 2.75) is 110 Å². The quantitative estimate of drug-likeness (QED) is 0.475. The zero-order valence-electron chi connectivity index (χ0n) is 21.0. The minimum atomic E-state index is -1.46. The van der Waals surface area contributed by atoms with Crippen LogP contribution in [-0.2, 0) is 0 Å². The molecule has 4 rings (SSSR count). The van der Waals surface area contributed by atoms with E-state index < -0.39 is 29.3 Å². The molecule has 4 nitrogen and oxygen atoms in total. The van der Waals surface area contributed by atoms with Gasteiger partial charge in [-0.15, -0.1) is 0 Å². The molecule has 2 saturated carbocycles. The van der Waals surface area contributed by atoms with Gasteiger partial charge in [0.25, 0.3) is 0 Å². The molecule has 4 aliphatic carbocycles. The van der Waals surface area contributed by atoms with Gasteiger partial charge in [-0.3, -0.25) is 0 Å². The van der Waals surface area contributed by atoms with Crippen molar-refractivity contribution in [3.8, 4) is 0 Å². The summed E-state index contributed by atoms with van der Waals surface area (Å²) in [7, 11) is 0. The largest absolute Gasteiger partial charge is 0.393 e. The maximum absolute atomic E-state index is 11.6. The van der Waals surface area contributed by atoms with E-state index in [-0.39, 0.29) is 17.8 Å². The topological polar surface area (TPSA) is 80.9 Å². The fourth-order valence-corrected chi connectivity index (χ4v) is 8.08. The van der Waals surface area contributed by atoms with Crippen molar-refractivity contribution in [3.05, 3.63) is 23.3 Å². The van der Waals surface area contributed by atoms with E-state index >= 15 is 0 Å². The lowest BCUT2D eigenvalue weighted by Gasteiger charge is -2.61. The summed E-state index contributed by atoms with van der Waals surface area (Å²) in [6, 6.07) is 0. The van der Waals surface area contributed by atoms with E-state index in [0.717, 1.165) is 31.3 Å². The highest BCUT2D eigenvalue weighted by atomic mass is 16.4. The minimum absolute atomic E-state index is 0.102. The van der Waals surface area contributed by atoms with Gasteiger partial charge >= 0.3 is 0 Å². The highest BCUT2D eigenvalue weighted by molar-refractivity contribution is 5.41. The van der Waals surface area contributed by atoms with Crippen LogP contribution in [0.5, 0.6) is 0 Å². The van der Waals surface area contributed by atoms with Crippen LogP contribution in [0.25, 0.3) is 0 Å². The zero-order valence-corrected chi connectivity index (χ0v) is 21.0. The highest BCUT2D eigenvalue weighted by Crippen LogP contribution is 2.66. The van der Waals surface area contributed by atoms with Crippen LogP contribution in [0.1, 0.15) is 86.5 Å². The van der Waals surface area contributed by atoms with E-state index in [1.807, 2.05) is 0 Å². The molecular formula is C28H46O4. The Bertz CT molecular complexity index is 786.